The van der Waals surface area contributed by atoms with Crippen LogP contribution in [-0.2, 0) is 13.1 Å². The van der Waals surface area contributed by atoms with Gasteiger partial charge in [-0.05, 0) is 47.9 Å². The van der Waals surface area contributed by atoms with Crippen molar-refractivity contribution >= 4 is 5.96 Å². The molecule has 0 fully saturated rings. The maximum absolute atomic E-state index is 5.40. The van der Waals surface area contributed by atoms with Gasteiger partial charge < -0.3 is 29.6 Å². The molecule has 28 heavy (non-hydrogen) atoms. The number of nitrogens with zero attached hydrogens (tertiary/aromatic N) is 1. The summed E-state index contributed by atoms with van der Waals surface area (Å²) < 4.78 is 21.5. The van der Waals surface area contributed by atoms with Gasteiger partial charge in [0.15, 0.2) is 17.5 Å². The predicted molar refractivity (Wildman–Crippen MR) is 111 cm³/mol. The molecule has 0 aliphatic carbocycles. The van der Waals surface area contributed by atoms with Gasteiger partial charge in [-0.2, -0.15) is 0 Å². The molecule has 0 aliphatic rings. The van der Waals surface area contributed by atoms with E-state index in [1.165, 1.54) is 0 Å². The van der Waals surface area contributed by atoms with Crippen molar-refractivity contribution in [3.63, 3.8) is 0 Å². The molecule has 0 atom stereocenters. The maximum atomic E-state index is 5.40. The summed E-state index contributed by atoms with van der Waals surface area (Å²) in [7, 11) is 8.20. The van der Waals surface area contributed by atoms with Gasteiger partial charge in [0.25, 0.3) is 0 Å². The van der Waals surface area contributed by atoms with Gasteiger partial charge in [-0.1, -0.05) is 6.07 Å². The lowest BCUT2D eigenvalue weighted by atomic mass is 10.1. The minimum Gasteiger partial charge on any atom is -0.497 e. The molecule has 2 rings (SSSR count). The molecule has 0 radical (unpaired) electrons. The molecule has 7 heteroatoms. The topological polar surface area (TPSA) is 73.3 Å². The van der Waals surface area contributed by atoms with Crippen LogP contribution in [0.5, 0.6) is 23.0 Å². The van der Waals surface area contributed by atoms with Gasteiger partial charge in [0, 0.05) is 20.1 Å². The zero-order chi connectivity index (χ0) is 20.5. The third-order valence-electron chi connectivity index (χ3n) is 4.21. The normalized spacial score (nSPS) is 11.0. The SMILES string of the molecule is CN=C(NCc1cc(C)cc(OC)c1)NCc1cc(OC)c(OC)c(OC)c1. The standard InChI is InChI=1S/C21H29N3O4/c1-14-7-15(9-17(8-14)25-3)12-23-21(22-2)24-13-16-10-18(26-4)20(28-6)19(11-16)27-5/h7-11H,12-13H2,1-6H3,(H2,22,23,24). The smallest absolute Gasteiger partial charge is 0.203 e. The van der Waals surface area contributed by atoms with Crippen LogP contribution >= 0.6 is 0 Å². The van der Waals surface area contributed by atoms with E-state index in [1.807, 2.05) is 31.2 Å². The van der Waals surface area contributed by atoms with Gasteiger partial charge in [-0.15, -0.1) is 0 Å². The van der Waals surface area contributed by atoms with Crippen LogP contribution in [0.25, 0.3) is 0 Å². The summed E-state index contributed by atoms with van der Waals surface area (Å²) in [6.07, 6.45) is 0. The van der Waals surface area contributed by atoms with Crippen molar-refractivity contribution in [1.29, 1.82) is 0 Å². The lowest BCUT2D eigenvalue weighted by Gasteiger charge is -2.16. The average molecular weight is 387 g/mol. The molecule has 0 aromatic heterocycles. The Balaban J connectivity index is 2.03. The van der Waals surface area contributed by atoms with E-state index in [-0.39, 0.29) is 0 Å². The summed E-state index contributed by atoms with van der Waals surface area (Å²) in [6.45, 7) is 3.23. The first-order valence-electron chi connectivity index (χ1n) is 8.92. The largest absolute Gasteiger partial charge is 0.497 e. The van der Waals surface area contributed by atoms with Gasteiger partial charge in [-0.25, -0.2) is 0 Å². The molecule has 7 nitrogen and oxygen atoms in total. The number of nitrogens with one attached hydrogen (secondary N) is 2. The fourth-order valence-electron chi connectivity index (χ4n) is 2.87. The molecular formula is C21H29N3O4. The highest BCUT2D eigenvalue weighted by Crippen LogP contribution is 2.38. The van der Waals surface area contributed by atoms with E-state index in [4.69, 9.17) is 18.9 Å². The zero-order valence-electron chi connectivity index (χ0n) is 17.4. The molecule has 0 heterocycles. The molecule has 2 aromatic rings. The van der Waals surface area contributed by atoms with E-state index < -0.39 is 0 Å². The Bertz CT molecular complexity index is 796. The minimum absolute atomic E-state index is 0.549. The fourth-order valence-corrected chi connectivity index (χ4v) is 2.87. The number of rotatable bonds is 8. The summed E-state index contributed by atoms with van der Waals surface area (Å²) >= 11 is 0. The number of aliphatic imine (C=N–C) groups is 1. The number of methoxy groups -OCH3 is 4. The van der Waals surface area contributed by atoms with Crippen LogP contribution in [0.2, 0.25) is 0 Å². The van der Waals surface area contributed by atoms with E-state index in [2.05, 4.69) is 21.7 Å². The molecule has 0 bridgehead atoms. The van der Waals surface area contributed by atoms with Crippen LogP contribution in [0.1, 0.15) is 16.7 Å². The van der Waals surface area contributed by atoms with Gasteiger partial charge >= 0.3 is 0 Å². The van der Waals surface area contributed by atoms with E-state index in [9.17, 15) is 0 Å². The summed E-state index contributed by atoms with van der Waals surface area (Å²) in [6, 6.07) is 9.94. The van der Waals surface area contributed by atoms with Crippen molar-refractivity contribution in [3.05, 3.63) is 47.0 Å². The highest BCUT2D eigenvalue weighted by molar-refractivity contribution is 5.79. The van der Waals surface area contributed by atoms with Crippen LogP contribution in [0, 0.1) is 6.92 Å². The predicted octanol–water partition coefficient (Wildman–Crippen LogP) is 2.89. The lowest BCUT2D eigenvalue weighted by molar-refractivity contribution is 0.323. The Labute approximate surface area is 166 Å². The van der Waals surface area contributed by atoms with Crippen molar-refractivity contribution in [2.45, 2.75) is 20.0 Å². The van der Waals surface area contributed by atoms with Crippen LogP contribution in [0.4, 0.5) is 0 Å². The third-order valence-corrected chi connectivity index (χ3v) is 4.21. The summed E-state index contributed by atoms with van der Waals surface area (Å²) in [4.78, 5) is 4.28. The number of guanidine groups is 1. The van der Waals surface area contributed by atoms with E-state index in [0.717, 1.165) is 22.4 Å². The number of hydrogen-bond acceptors (Lipinski definition) is 5. The molecule has 0 aliphatic heterocycles. The van der Waals surface area contributed by atoms with Crippen LogP contribution in [0.3, 0.4) is 0 Å². The van der Waals surface area contributed by atoms with E-state index >= 15 is 0 Å². The quantitative estimate of drug-likeness (QED) is 0.536. The summed E-state index contributed by atoms with van der Waals surface area (Å²) in [5, 5.41) is 6.61. The third kappa shape index (κ3) is 5.45. The Morgan fingerprint density at radius 1 is 0.786 bits per heavy atom. The first-order chi connectivity index (χ1) is 13.5. The van der Waals surface area contributed by atoms with Crippen LogP contribution in [-0.4, -0.2) is 41.4 Å². The van der Waals surface area contributed by atoms with E-state index in [0.29, 0.717) is 36.3 Å². The Kier molecular flexibility index (Phi) is 7.80. The van der Waals surface area contributed by atoms with Crippen LogP contribution in [0.15, 0.2) is 35.3 Å². The van der Waals surface area contributed by atoms with Crippen molar-refractivity contribution in [2.24, 2.45) is 4.99 Å². The van der Waals surface area contributed by atoms with Gasteiger partial charge in [0.05, 0.1) is 28.4 Å². The van der Waals surface area contributed by atoms with Gasteiger partial charge in [0.2, 0.25) is 5.75 Å². The second kappa shape index (κ2) is 10.3. The van der Waals surface area contributed by atoms with Crippen molar-refractivity contribution in [2.75, 3.05) is 35.5 Å². The molecule has 0 spiro atoms. The maximum Gasteiger partial charge on any atom is 0.203 e. The van der Waals surface area contributed by atoms with Crippen molar-refractivity contribution < 1.29 is 18.9 Å². The number of aryl methyl sites for hydroxylation is 1. The van der Waals surface area contributed by atoms with Crippen LogP contribution < -0.4 is 29.6 Å². The summed E-state index contributed by atoms with van der Waals surface area (Å²) in [5.41, 5.74) is 3.25. The molecule has 152 valence electrons. The molecule has 0 unspecified atom stereocenters. The molecule has 0 saturated carbocycles. The molecule has 0 saturated heterocycles. The second-order valence-corrected chi connectivity index (χ2v) is 6.17. The highest BCUT2D eigenvalue weighted by Gasteiger charge is 2.13. The first-order valence-corrected chi connectivity index (χ1v) is 8.92. The Hall–Kier alpha value is -3.09. The first kappa shape index (κ1) is 21.2. The second-order valence-electron chi connectivity index (χ2n) is 6.17. The molecule has 0 amide bonds. The summed E-state index contributed by atoms with van der Waals surface area (Å²) in [5.74, 6) is 3.35. The number of hydrogen-bond donors (Lipinski definition) is 2. The van der Waals surface area contributed by atoms with Gasteiger partial charge in [0.1, 0.15) is 5.75 Å². The van der Waals surface area contributed by atoms with E-state index in [1.54, 1.807) is 35.5 Å². The van der Waals surface area contributed by atoms with Crippen molar-refractivity contribution in [1.82, 2.24) is 10.6 Å². The zero-order valence-corrected chi connectivity index (χ0v) is 17.4. The number of ether oxygens (including phenoxy) is 4. The molecule has 2 aromatic carbocycles. The van der Waals surface area contributed by atoms with Gasteiger partial charge in [-0.3, -0.25) is 4.99 Å². The fraction of sp³-hybridized carbons (Fsp3) is 0.381. The highest BCUT2D eigenvalue weighted by atomic mass is 16.5. The molecule has 2 N–H and O–H groups in total. The lowest BCUT2D eigenvalue weighted by Crippen LogP contribution is -2.36. The monoisotopic (exact) mass is 387 g/mol. The molecular weight excluding hydrogens is 358 g/mol. The number of benzene rings is 2. The minimum atomic E-state index is 0.549. The Morgan fingerprint density at radius 3 is 1.82 bits per heavy atom. The van der Waals surface area contributed by atoms with Crippen molar-refractivity contribution in [3.8, 4) is 23.0 Å². The Morgan fingerprint density at radius 2 is 1.36 bits per heavy atom. The average Bonchev–Trinajstić information content (AvgIpc) is 2.72.